The number of benzene rings is 2. The van der Waals surface area contributed by atoms with E-state index in [4.69, 9.17) is 4.98 Å². The summed E-state index contributed by atoms with van der Waals surface area (Å²) >= 11 is 1.64. The maximum absolute atomic E-state index is 10.3. The first-order valence-electron chi connectivity index (χ1n) is 8.25. The van der Waals surface area contributed by atoms with Crippen LogP contribution in [0.5, 0.6) is 5.75 Å². The largest absolute Gasteiger partial charge is 0.507 e. The second-order valence-electron chi connectivity index (χ2n) is 5.99. The fourth-order valence-corrected chi connectivity index (χ4v) is 4.18. The van der Waals surface area contributed by atoms with Crippen LogP contribution in [0.2, 0.25) is 0 Å². The van der Waals surface area contributed by atoms with E-state index in [-0.39, 0.29) is 22.2 Å². The van der Waals surface area contributed by atoms with Gasteiger partial charge in [-0.05, 0) is 24.3 Å². The molecule has 0 saturated carbocycles. The third-order valence-electron chi connectivity index (χ3n) is 4.33. The van der Waals surface area contributed by atoms with Crippen LogP contribution in [0.3, 0.4) is 0 Å². The van der Waals surface area contributed by atoms with E-state index in [1.165, 1.54) is 0 Å². The molecule has 3 heterocycles. The van der Waals surface area contributed by atoms with E-state index in [1.54, 1.807) is 23.6 Å². The molecule has 0 aliphatic rings. The summed E-state index contributed by atoms with van der Waals surface area (Å²) in [4.78, 5) is 9.22. The first-order valence-corrected chi connectivity index (χ1v) is 9.06. The number of phenols is 1. The zero-order chi connectivity index (χ0) is 17.5. The Morgan fingerprint density at radius 1 is 0.778 bits per heavy atom. The Morgan fingerprint density at radius 3 is 2.41 bits per heavy atom. The minimum absolute atomic E-state index is 0. The molecule has 0 spiro atoms. The monoisotopic (exact) mass is 411 g/mol. The van der Waals surface area contributed by atoms with Crippen molar-refractivity contribution in [3.63, 3.8) is 0 Å². The molecule has 27 heavy (non-hydrogen) atoms. The third kappa shape index (κ3) is 3.10. The average molecular weight is 412 g/mol. The topological polar surface area (TPSA) is 46.0 Å². The average Bonchev–Trinajstić information content (AvgIpc) is 3.08. The third-order valence-corrected chi connectivity index (χ3v) is 5.44. The van der Waals surface area contributed by atoms with E-state index in [1.807, 2.05) is 54.6 Å². The number of nitrogens with zero attached hydrogens (tertiary/aromatic N) is 2. The Kier molecular flexibility index (Phi) is 4.65. The van der Waals surface area contributed by atoms with Gasteiger partial charge in [0, 0.05) is 38.8 Å². The zero-order valence-corrected chi connectivity index (χ0v) is 15.8. The van der Waals surface area contributed by atoms with Crippen LogP contribution in [0.1, 0.15) is 0 Å². The van der Waals surface area contributed by atoms with Crippen molar-refractivity contribution in [1.29, 1.82) is 0 Å². The summed E-state index contributed by atoms with van der Waals surface area (Å²) in [5.74, 6) is 0.268. The molecule has 3 aromatic heterocycles. The molecule has 0 aliphatic heterocycles. The Bertz CT molecular complexity index is 1250. The van der Waals surface area contributed by atoms with Crippen molar-refractivity contribution in [2.24, 2.45) is 0 Å². The molecule has 134 valence electrons. The summed E-state index contributed by atoms with van der Waals surface area (Å²) in [6.45, 7) is 0. The van der Waals surface area contributed by atoms with Gasteiger partial charge in [0.05, 0.1) is 15.6 Å². The molecule has 3 nitrogen and oxygen atoms in total. The van der Waals surface area contributed by atoms with Crippen molar-refractivity contribution in [2.75, 3.05) is 0 Å². The van der Waals surface area contributed by atoms with Gasteiger partial charge in [0.25, 0.3) is 0 Å². The minimum atomic E-state index is 0. The van der Waals surface area contributed by atoms with Crippen LogP contribution < -0.4 is 0 Å². The summed E-state index contributed by atoms with van der Waals surface area (Å²) < 4.78 is 2.10. The SMILES string of the molecule is Oc1cccc2sc3ccc(-c4[c-]c(-c5ccccn5)ccc4)nc3c12.[Ni]. The summed E-state index contributed by atoms with van der Waals surface area (Å²) in [6.07, 6.45) is 1.78. The first-order chi connectivity index (χ1) is 12.8. The van der Waals surface area contributed by atoms with Gasteiger partial charge in [0.1, 0.15) is 5.75 Å². The predicted octanol–water partition coefficient (Wildman–Crippen LogP) is 5.68. The second-order valence-corrected chi connectivity index (χ2v) is 7.07. The van der Waals surface area contributed by atoms with Crippen LogP contribution in [0.4, 0.5) is 0 Å². The summed E-state index contributed by atoms with van der Waals surface area (Å²) in [6, 6.07) is 24.9. The van der Waals surface area contributed by atoms with E-state index in [0.717, 1.165) is 42.8 Å². The molecule has 0 radical (unpaired) electrons. The molecule has 0 amide bonds. The van der Waals surface area contributed by atoms with Crippen LogP contribution >= 0.6 is 11.3 Å². The summed E-state index contributed by atoms with van der Waals surface area (Å²) in [5, 5.41) is 11.1. The predicted molar refractivity (Wildman–Crippen MR) is 106 cm³/mol. The van der Waals surface area contributed by atoms with Gasteiger partial charge in [-0.3, -0.25) is 9.97 Å². The van der Waals surface area contributed by atoms with Crippen molar-refractivity contribution in [2.45, 2.75) is 0 Å². The Morgan fingerprint density at radius 2 is 1.59 bits per heavy atom. The molecule has 0 aliphatic carbocycles. The molecule has 0 saturated heterocycles. The van der Waals surface area contributed by atoms with Crippen molar-refractivity contribution in [3.8, 4) is 28.3 Å². The Hall–Kier alpha value is -2.75. The second kappa shape index (κ2) is 7.11. The molecule has 5 aromatic rings. The van der Waals surface area contributed by atoms with Crippen molar-refractivity contribution >= 4 is 31.6 Å². The molecule has 0 fully saturated rings. The molecule has 5 rings (SSSR count). The maximum Gasteiger partial charge on any atom is 0.126 e. The normalized spacial score (nSPS) is 10.8. The fraction of sp³-hybridized carbons (Fsp3) is 0. The number of pyridine rings is 2. The van der Waals surface area contributed by atoms with Gasteiger partial charge in [-0.2, -0.15) is 0 Å². The van der Waals surface area contributed by atoms with E-state index >= 15 is 0 Å². The van der Waals surface area contributed by atoms with E-state index < -0.39 is 0 Å². The van der Waals surface area contributed by atoms with Crippen molar-refractivity contribution in [1.82, 2.24) is 9.97 Å². The molecule has 5 heteroatoms. The number of thiophene rings is 1. The van der Waals surface area contributed by atoms with Crippen LogP contribution in [-0.2, 0) is 16.5 Å². The fourth-order valence-electron chi connectivity index (χ4n) is 3.11. The quantitative estimate of drug-likeness (QED) is 0.300. The van der Waals surface area contributed by atoms with Gasteiger partial charge >= 0.3 is 0 Å². The van der Waals surface area contributed by atoms with Gasteiger partial charge < -0.3 is 5.11 Å². The van der Waals surface area contributed by atoms with E-state index in [0.29, 0.717) is 0 Å². The van der Waals surface area contributed by atoms with E-state index in [9.17, 15) is 5.11 Å². The van der Waals surface area contributed by atoms with Crippen molar-refractivity contribution in [3.05, 3.63) is 79.0 Å². The number of rotatable bonds is 2. The molecular weight excluding hydrogens is 399 g/mol. The number of aromatic hydroxyl groups is 1. The van der Waals surface area contributed by atoms with Crippen LogP contribution in [-0.4, -0.2) is 15.1 Å². The molecular formula is C22H13N2NiOS-. The van der Waals surface area contributed by atoms with Gasteiger partial charge in [0.15, 0.2) is 0 Å². The number of aromatic nitrogens is 2. The molecule has 0 bridgehead atoms. The summed E-state index contributed by atoms with van der Waals surface area (Å²) in [5.41, 5.74) is 4.39. The number of hydrogen-bond donors (Lipinski definition) is 1. The van der Waals surface area contributed by atoms with Crippen LogP contribution in [0.25, 0.3) is 42.8 Å². The molecule has 0 atom stereocenters. The van der Waals surface area contributed by atoms with Crippen molar-refractivity contribution < 1.29 is 21.6 Å². The van der Waals surface area contributed by atoms with Crippen LogP contribution in [0.15, 0.2) is 72.9 Å². The Balaban J connectivity index is 0.00000180. The minimum Gasteiger partial charge on any atom is -0.507 e. The smallest absolute Gasteiger partial charge is 0.126 e. The standard InChI is InChI=1S/C22H13N2OS.Ni/c25-18-8-4-9-19-21(18)22-20(26-19)11-10-17(24-22)15-6-3-5-14(13-15)16-7-1-2-12-23-16;/h1-12,25H;/q-1;. The Labute approximate surface area is 170 Å². The van der Waals surface area contributed by atoms with Gasteiger partial charge in [0.2, 0.25) is 0 Å². The summed E-state index contributed by atoms with van der Waals surface area (Å²) in [7, 11) is 0. The maximum atomic E-state index is 10.3. The first kappa shape index (κ1) is 17.7. The van der Waals surface area contributed by atoms with Gasteiger partial charge in [-0.15, -0.1) is 35.6 Å². The zero-order valence-electron chi connectivity index (χ0n) is 14.0. The van der Waals surface area contributed by atoms with Gasteiger partial charge in [-0.25, -0.2) is 0 Å². The number of hydrogen-bond acceptors (Lipinski definition) is 4. The number of phenolic OH excluding ortho intramolecular Hbond substituents is 1. The number of fused-ring (bicyclic) bond motifs is 3. The molecule has 0 unspecified atom stereocenters. The molecule has 1 N–H and O–H groups in total. The van der Waals surface area contributed by atoms with E-state index in [2.05, 4.69) is 17.1 Å². The van der Waals surface area contributed by atoms with Crippen LogP contribution in [0, 0.1) is 6.07 Å². The van der Waals surface area contributed by atoms with Gasteiger partial charge in [-0.1, -0.05) is 35.4 Å². The molecule has 2 aromatic carbocycles.